The largest absolute Gasteiger partial charge is 0.478 e. The summed E-state index contributed by atoms with van der Waals surface area (Å²) in [5.41, 5.74) is 1.28. The maximum absolute atomic E-state index is 11.0. The van der Waals surface area contributed by atoms with Gasteiger partial charge in [0.1, 0.15) is 0 Å². The molecule has 0 saturated heterocycles. The lowest BCUT2D eigenvalue weighted by molar-refractivity contribution is 0.0695. The Kier molecular flexibility index (Phi) is 3.57. The molecule has 0 radical (unpaired) electrons. The highest BCUT2D eigenvalue weighted by atomic mass is 16.4. The molecule has 1 aliphatic rings. The molecule has 1 aliphatic carbocycles. The maximum Gasteiger partial charge on any atom is 0.336 e. The molecule has 2 rings (SSSR count). The topological polar surface area (TPSA) is 49.3 Å². The third-order valence-electron chi connectivity index (χ3n) is 3.22. The minimum absolute atomic E-state index is 0.406. The van der Waals surface area contributed by atoms with Gasteiger partial charge in [0.15, 0.2) is 0 Å². The van der Waals surface area contributed by atoms with E-state index in [-0.39, 0.29) is 0 Å². The van der Waals surface area contributed by atoms with Gasteiger partial charge in [-0.2, -0.15) is 0 Å². The zero-order valence-corrected chi connectivity index (χ0v) is 9.28. The Morgan fingerprint density at radius 1 is 1.38 bits per heavy atom. The van der Waals surface area contributed by atoms with E-state index in [1.54, 1.807) is 12.1 Å². The van der Waals surface area contributed by atoms with E-state index in [1.165, 1.54) is 19.3 Å². The average molecular weight is 219 g/mol. The highest BCUT2D eigenvalue weighted by Crippen LogP contribution is 2.25. The smallest absolute Gasteiger partial charge is 0.336 e. The second-order valence-electron chi connectivity index (χ2n) is 4.39. The van der Waals surface area contributed by atoms with Crippen LogP contribution < -0.4 is 5.32 Å². The summed E-state index contributed by atoms with van der Waals surface area (Å²) in [6.45, 7) is 1.66. The van der Waals surface area contributed by atoms with Crippen molar-refractivity contribution in [3.05, 3.63) is 35.4 Å². The Hall–Kier alpha value is -1.35. The maximum atomic E-state index is 11.0. The molecule has 0 amide bonds. The van der Waals surface area contributed by atoms with E-state index in [4.69, 9.17) is 5.11 Å². The quantitative estimate of drug-likeness (QED) is 0.798. The van der Waals surface area contributed by atoms with Crippen molar-refractivity contribution < 1.29 is 9.90 Å². The number of benzene rings is 1. The second-order valence-corrected chi connectivity index (χ2v) is 4.39. The van der Waals surface area contributed by atoms with Gasteiger partial charge in [0.2, 0.25) is 0 Å². The molecule has 3 heteroatoms. The summed E-state index contributed by atoms with van der Waals surface area (Å²) in [6.07, 6.45) is 3.97. The van der Waals surface area contributed by atoms with E-state index in [2.05, 4.69) is 5.32 Å². The van der Waals surface area contributed by atoms with Gasteiger partial charge in [0, 0.05) is 6.54 Å². The molecule has 0 bridgehead atoms. The summed E-state index contributed by atoms with van der Waals surface area (Å²) in [7, 11) is 0. The van der Waals surface area contributed by atoms with E-state index in [1.807, 2.05) is 12.1 Å². The van der Waals surface area contributed by atoms with E-state index < -0.39 is 5.97 Å². The van der Waals surface area contributed by atoms with Crippen LogP contribution in [0.15, 0.2) is 24.3 Å². The number of rotatable bonds is 5. The molecule has 16 heavy (non-hydrogen) atoms. The van der Waals surface area contributed by atoms with Crippen molar-refractivity contribution >= 4 is 5.97 Å². The summed E-state index contributed by atoms with van der Waals surface area (Å²) in [5, 5.41) is 12.3. The van der Waals surface area contributed by atoms with Gasteiger partial charge in [-0.3, -0.25) is 0 Å². The number of carbonyl (C=O) groups is 1. The van der Waals surface area contributed by atoms with Gasteiger partial charge in [-0.25, -0.2) is 4.79 Å². The molecule has 0 heterocycles. The zero-order valence-electron chi connectivity index (χ0n) is 9.28. The van der Waals surface area contributed by atoms with E-state index >= 15 is 0 Å². The van der Waals surface area contributed by atoms with Gasteiger partial charge < -0.3 is 10.4 Å². The summed E-state index contributed by atoms with van der Waals surface area (Å²) in [6, 6.07) is 7.17. The zero-order chi connectivity index (χ0) is 11.4. The van der Waals surface area contributed by atoms with E-state index in [0.717, 1.165) is 18.0 Å². The van der Waals surface area contributed by atoms with Gasteiger partial charge in [-0.1, -0.05) is 24.6 Å². The first-order chi connectivity index (χ1) is 7.77. The molecule has 0 spiro atoms. The van der Waals surface area contributed by atoms with Gasteiger partial charge in [-0.05, 0) is 36.9 Å². The average Bonchev–Trinajstić information content (AvgIpc) is 2.22. The van der Waals surface area contributed by atoms with Crippen molar-refractivity contribution in [1.82, 2.24) is 5.32 Å². The third kappa shape index (κ3) is 2.61. The van der Waals surface area contributed by atoms with Crippen LogP contribution in [0.4, 0.5) is 0 Å². The van der Waals surface area contributed by atoms with Crippen LogP contribution in [-0.2, 0) is 6.54 Å². The van der Waals surface area contributed by atoms with Crippen molar-refractivity contribution in [2.24, 2.45) is 5.92 Å². The van der Waals surface area contributed by atoms with Crippen molar-refractivity contribution in [3.63, 3.8) is 0 Å². The number of aromatic carboxylic acids is 1. The number of hydrogen-bond donors (Lipinski definition) is 2. The number of carboxylic acid groups (broad SMARTS) is 1. The van der Waals surface area contributed by atoms with E-state index in [9.17, 15) is 4.79 Å². The fourth-order valence-corrected chi connectivity index (χ4v) is 1.99. The molecule has 1 fully saturated rings. The Morgan fingerprint density at radius 3 is 2.75 bits per heavy atom. The highest BCUT2D eigenvalue weighted by molar-refractivity contribution is 5.89. The summed E-state index contributed by atoms with van der Waals surface area (Å²) >= 11 is 0. The molecule has 1 aromatic carbocycles. The third-order valence-corrected chi connectivity index (χ3v) is 3.22. The number of nitrogens with one attached hydrogen (secondary N) is 1. The van der Waals surface area contributed by atoms with Crippen LogP contribution in [0.1, 0.15) is 35.2 Å². The molecule has 1 aromatic rings. The highest BCUT2D eigenvalue weighted by Gasteiger charge is 2.16. The van der Waals surface area contributed by atoms with E-state index in [0.29, 0.717) is 12.1 Å². The fourth-order valence-electron chi connectivity index (χ4n) is 1.99. The SMILES string of the molecule is O=C(O)c1ccccc1CNCC1CCC1. The Balaban J connectivity index is 1.89. The summed E-state index contributed by atoms with van der Waals surface area (Å²) in [5.74, 6) is -0.0435. The molecule has 0 unspecified atom stereocenters. The van der Waals surface area contributed by atoms with Crippen LogP contribution in [0, 0.1) is 5.92 Å². The Morgan fingerprint density at radius 2 is 2.12 bits per heavy atom. The number of carboxylic acids is 1. The first-order valence-corrected chi connectivity index (χ1v) is 5.79. The normalized spacial score (nSPS) is 15.8. The molecule has 0 atom stereocenters. The van der Waals surface area contributed by atoms with Crippen LogP contribution in [0.2, 0.25) is 0 Å². The first-order valence-electron chi connectivity index (χ1n) is 5.79. The molecule has 0 aliphatic heterocycles. The second kappa shape index (κ2) is 5.12. The van der Waals surface area contributed by atoms with Gasteiger partial charge in [-0.15, -0.1) is 0 Å². The molecule has 0 aromatic heterocycles. The van der Waals surface area contributed by atoms with Crippen LogP contribution in [-0.4, -0.2) is 17.6 Å². The minimum atomic E-state index is -0.846. The molecule has 3 nitrogen and oxygen atoms in total. The predicted molar refractivity (Wildman–Crippen MR) is 62.4 cm³/mol. The van der Waals surface area contributed by atoms with Crippen LogP contribution >= 0.6 is 0 Å². The van der Waals surface area contributed by atoms with Crippen LogP contribution in [0.3, 0.4) is 0 Å². The Labute approximate surface area is 95.5 Å². The fraction of sp³-hybridized carbons (Fsp3) is 0.462. The first kappa shape index (κ1) is 11.1. The molecule has 2 N–H and O–H groups in total. The van der Waals surface area contributed by atoms with Crippen molar-refractivity contribution in [2.45, 2.75) is 25.8 Å². The lowest BCUT2D eigenvalue weighted by atomic mass is 9.85. The molecular weight excluding hydrogens is 202 g/mol. The van der Waals surface area contributed by atoms with Crippen molar-refractivity contribution in [2.75, 3.05) is 6.54 Å². The summed E-state index contributed by atoms with van der Waals surface area (Å²) < 4.78 is 0. The minimum Gasteiger partial charge on any atom is -0.478 e. The lowest BCUT2D eigenvalue weighted by Gasteiger charge is -2.25. The molecular formula is C13H17NO2. The predicted octanol–water partition coefficient (Wildman–Crippen LogP) is 2.27. The van der Waals surface area contributed by atoms with Gasteiger partial charge in [0.05, 0.1) is 5.56 Å². The van der Waals surface area contributed by atoms with Crippen LogP contribution in [0.25, 0.3) is 0 Å². The van der Waals surface area contributed by atoms with Gasteiger partial charge >= 0.3 is 5.97 Å². The van der Waals surface area contributed by atoms with Gasteiger partial charge in [0.25, 0.3) is 0 Å². The number of hydrogen-bond acceptors (Lipinski definition) is 2. The standard InChI is InChI=1S/C13H17NO2/c15-13(16)12-7-2-1-6-11(12)9-14-8-10-4-3-5-10/h1-2,6-7,10,14H,3-5,8-9H2,(H,15,16). The lowest BCUT2D eigenvalue weighted by Crippen LogP contribution is -2.27. The monoisotopic (exact) mass is 219 g/mol. The summed E-state index contributed by atoms with van der Waals surface area (Å²) in [4.78, 5) is 11.0. The molecule has 1 saturated carbocycles. The molecule has 86 valence electrons. The van der Waals surface area contributed by atoms with Crippen molar-refractivity contribution in [3.8, 4) is 0 Å². The Bertz CT molecular complexity index is 372. The van der Waals surface area contributed by atoms with Crippen LogP contribution in [0.5, 0.6) is 0 Å². The van der Waals surface area contributed by atoms with Crippen molar-refractivity contribution in [1.29, 1.82) is 0 Å².